The number of hydrogen-bond donors (Lipinski definition) is 2. The first-order chi connectivity index (χ1) is 7.88. The van der Waals surface area contributed by atoms with Crippen LogP contribution in [0.25, 0.3) is 0 Å². The highest BCUT2D eigenvalue weighted by Gasteiger charge is 2.01. The zero-order valence-electron chi connectivity index (χ0n) is 9.91. The first-order valence-electron chi connectivity index (χ1n) is 5.90. The van der Waals surface area contributed by atoms with Crippen LogP contribution < -0.4 is 10.1 Å². The maximum Gasteiger partial charge on any atom is 0.123 e. The molecule has 3 nitrogen and oxygen atoms in total. The van der Waals surface area contributed by atoms with E-state index in [1.807, 2.05) is 18.2 Å². The Hall–Kier alpha value is -1.06. The summed E-state index contributed by atoms with van der Waals surface area (Å²) in [5.74, 6) is 0.959. The molecule has 3 heteroatoms. The van der Waals surface area contributed by atoms with E-state index in [0.29, 0.717) is 0 Å². The van der Waals surface area contributed by atoms with Crippen molar-refractivity contribution in [3.05, 3.63) is 29.8 Å². The largest absolute Gasteiger partial charge is 0.493 e. The molecule has 0 aromatic heterocycles. The molecule has 0 heterocycles. The molecule has 0 spiro atoms. The minimum absolute atomic E-state index is 0.237. The van der Waals surface area contributed by atoms with Gasteiger partial charge in [0.05, 0.1) is 6.61 Å². The summed E-state index contributed by atoms with van der Waals surface area (Å²) in [6, 6.07) is 8.07. The van der Waals surface area contributed by atoms with Crippen molar-refractivity contribution in [1.29, 1.82) is 0 Å². The number of para-hydroxylation sites is 1. The Bertz CT molecular complexity index is 289. The molecule has 0 saturated carbocycles. The second-order valence-corrected chi connectivity index (χ2v) is 3.71. The Kier molecular flexibility index (Phi) is 6.61. The average molecular weight is 223 g/mol. The van der Waals surface area contributed by atoms with Crippen molar-refractivity contribution in [2.45, 2.75) is 26.3 Å². The quantitative estimate of drug-likeness (QED) is 0.662. The summed E-state index contributed by atoms with van der Waals surface area (Å²) in [5, 5.41) is 11.9. The summed E-state index contributed by atoms with van der Waals surface area (Å²) in [6.45, 7) is 4.72. The average Bonchev–Trinajstić information content (AvgIpc) is 2.33. The maximum absolute atomic E-state index is 8.67. The van der Waals surface area contributed by atoms with Crippen molar-refractivity contribution < 1.29 is 9.84 Å². The van der Waals surface area contributed by atoms with Gasteiger partial charge in [-0.15, -0.1) is 0 Å². The van der Waals surface area contributed by atoms with Crippen LogP contribution in [-0.4, -0.2) is 24.9 Å². The number of ether oxygens (including phenoxy) is 1. The molecule has 1 rings (SSSR count). The molecule has 0 saturated heterocycles. The monoisotopic (exact) mass is 223 g/mol. The van der Waals surface area contributed by atoms with Gasteiger partial charge in [-0.1, -0.05) is 25.1 Å². The number of rotatable bonds is 8. The molecule has 0 fully saturated rings. The third-order valence-corrected chi connectivity index (χ3v) is 2.26. The van der Waals surface area contributed by atoms with Crippen LogP contribution in [0, 0.1) is 0 Å². The van der Waals surface area contributed by atoms with Gasteiger partial charge in [0.2, 0.25) is 0 Å². The number of nitrogens with one attached hydrogen (secondary N) is 1. The van der Waals surface area contributed by atoms with E-state index in [-0.39, 0.29) is 6.61 Å². The number of aliphatic hydroxyl groups is 1. The van der Waals surface area contributed by atoms with E-state index in [1.165, 1.54) is 5.56 Å². The van der Waals surface area contributed by atoms with Crippen LogP contribution in [0.2, 0.25) is 0 Å². The van der Waals surface area contributed by atoms with Crippen LogP contribution in [0.4, 0.5) is 0 Å². The molecular weight excluding hydrogens is 202 g/mol. The lowest BCUT2D eigenvalue weighted by atomic mass is 10.2. The SMILES string of the molecule is CCCOc1ccccc1CNCCCO. The minimum atomic E-state index is 0.237. The van der Waals surface area contributed by atoms with Crippen LogP contribution in [0.3, 0.4) is 0 Å². The highest BCUT2D eigenvalue weighted by molar-refractivity contribution is 5.33. The molecule has 0 radical (unpaired) electrons. The smallest absolute Gasteiger partial charge is 0.123 e. The fourth-order valence-electron chi connectivity index (χ4n) is 1.43. The molecule has 90 valence electrons. The van der Waals surface area contributed by atoms with Crippen molar-refractivity contribution in [3.63, 3.8) is 0 Å². The van der Waals surface area contributed by atoms with Crippen LogP contribution in [0.1, 0.15) is 25.3 Å². The summed E-state index contributed by atoms with van der Waals surface area (Å²) in [7, 11) is 0. The molecule has 0 bridgehead atoms. The van der Waals surface area contributed by atoms with Crippen LogP contribution >= 0.6 is 0 Å². The Morgan fingerprint density at radius 2 is 2.12 bits per heavy atom. The molecule has 0 unspecified atom stereocenters. The van der Waals surface area contributed by atoms with Crippen molar-refractivity contribution in [2.24, 2.45) is 0 Å². The lowest BCUT2D eigenvalue weighted by Gasteiger charge is -2.11. The Morgan fingerprint density at radius 3 is 2.88 bits per heavy atom. The molecule has 16 heavy (non-hydrogen) atoms. The second kappa shape index (κ2) is 8.13. The van der Waals surface area contributed by atoms with Gasteiger partial charge in [-0.3, -0.25) is 0 Å². The molecule has 0 amide bonds. The first-order valence-corrected chi connectivity index (χ1v) is 5.90. The van der Waals surface area contributed by atoms with E-state index in [0.717, 1.165) is 38.3 Å². The molecule has 0 aliphatic carbocycles. The Balaban J connectivity index is 2.43. The third-order valence-electron chi connectivity index (χ3n) is 2.26. The molecule has 1 aromatic rings. The van der Waals surface area contributed by atoms with E-state index in [4.69, 9.17) is 9.84 Å². The fraction of sp³-hybridized carbons (Fsp3) is 0.538. The van der Waals surface area contributed by atoms with Gasteiger partial charge in [0.15, 0.2) is 0 Å². The molecule has 0 aliphatic rings. The summed E-state index contributed by atoms with van der Waals surface area (Å²) >= 11 is 0. The van der Waals surface area contributed by atoms with Crippen LogP contribution in [0.5, 0.6) is 5.75 Å². The topological polar surface area (TPSA) is 41.5 Å². The van der Waals surface area contributed by atoms with E-state index in [1.54, 1.807) is 0 Å². The molecule has 0 atom stereocenters. The van der Waals surface area contributed by atoms with Crippen molar-refractivity contribution in [3.8, 4) is 5.75 Å². The van der Waals surface area contributed by atoms with Crippen molar-refractivity contribution in [1.82, 2.24) is 5.32 Å². The lowest BCUT2D eigenvalue weighted by Crippen LogP contribution is -2.16. The zero-order chi connectivity index (χ0) is 11.6. The standard InChI is InChI=1S/C13H21NO2/c1-2-10-16-13-7-4-3-6-12(13)11-14-8-5-9-15/h3-4,6-7,14-15H,2,5,8-11H2,1H3. The van der Waals surface area contributed by atoms with Crippen molar-refractivity contribution in [2.75, 3.05) is 19.8 Å². The highest BCUT2D eigenvalue weighted by atomic mass is 16.5. The maximum atomic E-state index is 8.67. The molecule has 0 aliphatic heterocycles. The Morgan fingerprint density at radius 1 is 1.31 bits per heavy atom. The van der Waals surface area contributed by atoms with E-state index >= 15 is 0 Å². The van der Waals surface area contributed by atoms with Gasteiger partial charge in [0, 0.05) is 18.7 Å². The predicted octanol–water partition coefficient (Wildman–Crippen LogP) is 1.95. The van der Waals surface area contributed by atoms with Gasteiger partial charge in [-0.25, -0.2) is 0 Å². The van der Waals surface area contributed by atoms with Gasteiger partial charge in [0.1, 0.15) is 5.75 Å². The predicted molar refractivity (Wildman–Crippen MR) is 65.6 cm³/mol. The van der Waals surface area contributed by atoms with Crippen molar-refractivity contribution >= 4 is 0 Å². The van der Waals surface area contributed by atoms with Crippen LogP contribution in [0.15, 0.2) is 24.3 Å². The highest BCUT2D eigenvalue weighted by Crippen LogP contribution is 2.17. The van der Waals surface area contributed by atoms with Gasteiger partial charge < -0.3 is 15.2 Å². The van der Waals surface area contributed by atoms with Gasteiger partial charge in [-0.05, 0) is 25.5 Å². The zero-order valence-corrected chi connectivity index (χ0v) is 9.91. The lowest BCUT2D eigenvalue weighted by molar-refractivity contribution is 0.285. The first kappa shape index (κ1) is 13.0. The normalized spacial score (nSPS) is 10.4. The summed E-state index contributed by atoms with van der Waals surface area (Å²) in [6.07, 6.45) is 1.81. The minimum Gasteiger partial charge on any atom is -0.493 e. The van der Waals surface area contributed by atoms with Crippen LogP contribution in [-0.2, 0) is 6.54 Å². The number of hydrogen-bond acceptors (Lipinski definition) is 3. The molecule has 1 aromatic carbocycles. The van der Waals surface area contributed by atoms with Gasteiger partial charge in [0.25, 0.3) is 0 Å². The van der Waals surface area contributed by atoms with Gasteiger partial charge >= 0.3 is 0 Å². The third kappa shape index (κ3) is 4.64. The number of aliphatic hydroxyl groups excluding tert-OH is 1. The molecule has 2 N–H and O–H groups in total. The Labute approximate surface area is 97.4 Å². The van der Waals surface area contributed by atoms with E-state index in [9.17, 15) is 0 Å². The van der Waals surface area contributed by atoms with Gasteiger partial charge in [-0.2, -0.15) is 0 Å². The number of benzene rings is 1. The fourth-order valence-corrected chi connectivity index (χ4v) is 1.43. The van der Waals surface area contributed by atoms with E-state index in [2.05, 4.69) is 18.3 Å². The molecular formula is C13H21NO2. The summed E-state index contributed by atoms with van der Waals surface area (Å²) in [4.78, 5) is 0. The summed E-state index contributed by atoms with van der Waals surface area (Å²) in [5.41, 5.74) is 1.17. The summed E-state index contributed by atoms with van der Waals surface area (Å²) < 4.78 is 5.65. The van der Waals surface area contributed by atoms with E-state index < -0.39 is 0 Å². The second-order valence-electron chi connectivity index (χ2n) is 3.71.